The molecule has 12 heteroatoms. The summed E-state index contributed by atoms with van der Waals surface area (Å²) in [5.74, 6) is 1.58. The van der Waals surface area contributed by atoms with Crippen LogP contribution >= 0.6 is 23.5 Å². The van der Waals surface area contributed by atoms with Crippen LogP contribution in [-0.4, -0.2) is 16.8 Å². The van der Waals surface area contributed by atoms with Gasteiger partial charge in [0.1, 0.15) is 27.9 Å². The summed E-state index contributed by atoms with van der Waals surface area (Å²) in [6, 6.07) is 51.7. The molecule has 4 aliphatic heterocycles. The average Bonchev–Trinajstić information content (AvgIpc) is 3.28. The van der Waals surface area contributed by atoms with Crippen molar-refractivity contribution in [3.05, 3.63) is 192 Å². The molecule has 4 aliphatic rings. The monoisotopic (exact) mass is 768 g/mol. The van der Waals surface area contributed by atoms with E-state index in [1.807, 2.05) is 176 Å². The highest BCUT2D eigenvalue weighted by molar-refractivity contribution is 8.14. The molecule has 0 aliphatic carbocycles. The molecule has 0 aromatic heterocycles. The standard InChI is InChI=1S/C24H18N2O2.C20H14N6S2/c1-2-10-20(11-3-1)24(17-16-19-9-5-7-13-22(19)28-24)26-25-23-15-14-18-8-4-6-12-21(18)27-23;1-2-8-15(9-3-1)20-22-26(17-11-5-7-13-19(17)28-20)24-23-25-16-10-4-6-12-18(16)27-14-21-25/h1-17,23H;1-14H. The smallest absolute Gasteiger partial charge is 0.264 e. The number of hydrazone groups is 2. The van der Waals surface area contributed by atoms with Gasteiger partial charge in [0, 0.05) is 32.0 Å². The Balaban J connectivity index is 0.000000146. The number of para-hydroxylation sites is 4. The maximum atomic E-state index is 6.34. The number of hydrogen-bond acceptors (Lipinski definition) is 10. The van der Waals surface area contributed by atoms with Crippen molar-refractivity contribution in [1.82, 2.24) is 0 Å². The largest absolute Gasteiger partial charge is 0.463 e. The van der Waals surface area contributed by atoms with Gasteiger partial charge in [0.2, 0.25) is 6.23 Å². The Morgan fingerprint density at radius 1 is 0.607 bits per heavy atom. The summed E-state index contributed by atoms with van der Waals surface area (Å²) >= 11 is 3.18. The van der Waals surface area contributed by atoms with Crippen LogP contribution in [0.15, 0.2) is 211 Å². The zero-order chi connectivity index (χ0) is 37.6. The van der Waals surface area contributed by atoms with Crippen molar-refractivity contribution < 1.29 is 9.47 Å². The van der Waals surface area contributed by atoms with Crippen molar-refractivity contribution >= 4 is 57.6 Å². The lowest BCUT2D eigenvalue weighted by Crippen LogP contribution is -2.31. The van der Waals surface area contributed by atoms with Gasteiger partial charge in [-0.2, -0.15) is 0 Å². The molecule has 2 unspecified atom stereocenters. The molecule has 10 nitrogen and oxygen atoms in total. The van der Waals surface area contributed by atoms with Crippen LogP contribution in [0.3, 0.4) is 0 Å². The van der Waals surface area contributed by atoms with Crippen molar-refractivity contribution in [3.8, 4) is 11.5 Å². The summed E-state index contributed by atoms with van der Waals surface area (Å²) in [5, 5.41) is 30.8. The van der Waals surface area contributed by atoms with E-state index < -0.39 is 12.0 Å². The van der Waals surface area contributed by atoms with Crippen molar-refractivity contribution in [2.24, 2.45) is 30.9 Å². The van der Waals surface area contributed by atoms with Crippen LogP contribution in [0.1, 0.15) is 22.3 Å². The molecular formula is C44H32N8O2S2. The predicted octanol–water partition coefficient (Wildman–Crippen LogP) is 11.6. The normalized spacial score (nSPS) is 18.8. The first-order valence-corrected chi connectivity index (χ1v) is 19.5. The first kappa shape index (κ1) is 35.0. The van der Waals surface area contributed by atoms with E-state index in [0.717, 1.165) is 60.0 Å². The van der Waals surface area contributed by atoms with Gasteiger partial charge in [-0.25, -0.2) is 0 Å². The van der Waals surface area contributed by atoms with Crippen LogP contribution in [0, 0.1) is 0 Å². The van der Waals surface area contributed by atoms with Gasteiger partial charge in [0.25, 0.3) is 5.72 Å². The maximum Gasteiger partial charge on any atom is 0.264 e. The number of ether oxygens (including phenoxy) is 2. The molecule has 56 heavy (non-hydrogen) atoms. The minimum Gasteiger partial charge on any atom is -0.463 e. The summed E-state index contributed by atoms with van der Waals surface area (Å²) in [4.78, 5) is 2.16. The van der Waals surface area contributed by atoms with Gasteiger partial charge in [0.15, 0.2) is 0 Å². The molecule has 2 atom stereocenters. The lowest BCUT2D eigenvalue weighted by Gasteiger charge is -2.31. The Morgan fingerprint density at radius 2 is 1.23 bits per heavy atom. The Hall–Kier alpha value is -6.76. The lowest BCUT2D eigenvalue weighted by atomic mass is 9.99. The molecule has 0 fully saturated rings. The first-order chi connectivity index (χ1) is 27.7. The van der Waals surface area contributed by atoms with Gasteiger partial charge < -0.3 is 9.47 Å². The Bertz CT molecular complexity index is 2540. The third-order valence-corrected chi connectivity index (χ3v) is 10.8. The number of anilines is 2. The number of nitrogens with zero attached hydrogens (tertiary/aromatic N) is 8. The van der Waals surface area contributed by atoms with E-state index in [2.05, 4.69) is 31.8 Å². The van der Waals surface area contributed by atoms with Crippen molar-refractivity contribution in [2.75, 3.05) is 10.2 Å². The molecule has 6 aromatic rings. The van der Waals surface area contributed by atoms with E-state index in [1.165, 1.54) is 5.12 Å². The number of hydrogen-bond donors (Lipinski definition) is 0. The maximum absolute atomic E-state index is 6.34. The predicted molar refractivity (Wildman–Crippen MR) is 225 cm³/mol. The Morgan fingerprint density at radius 3 is 2.04 bits per heavy atom. The molecule has 0 saturated heterocycles. The van der Waals surface area contributed by atoms with Crippen LogP contribution in [0.2, 0.25) is 0 Å². The molecule has 4 heterocycles. The summed E-state index contributed by atoms with van der Waals surface area (Å²) < 4.78 is 12.3. The van der Waals surface area contributed by atoms with E-state index in [1.54, 1.807) is 34.2 Å². The van der Waals surface area contributed by atoms with Gasteiger partial charge in [0.05, 0.1) is 5.55 Å². The van der Waals surface area contributed by atoms with Gasteiger partial charge in [-0.05, 0) is 71.1 Å². The van der Waals surface area contributed by atoms with Gasteiger partial charge in [-0.3, -0.25) is 0 Å². The second-order valence-electron chi connectivity index (χ2n) is 12.6. The molecule has 0 spiro atoms. The second-order valence-corrected chi connectivity index (χ2v) is 14.5. The number of benzene rings is 6. The van der Waals surface area contributed by atoms with Crippen LogP contribution in [0.4, 0.5) is 11.4 Å². The number of rotatable bonds is 6. The molecule has 0 N–H and O–H groups in total. The quantitative estimate of drug-likeness (QED) is 0.156. The molecule has 10 rings (SSSR count). The average molecular weight is 769 g/mol. The van der Waals surface area contributed by atoms with Crippen LogP contribution in [0.25, 0.3) is 12.2 Å². The first-order valence-electron chi connectivity index (χ1n) is 17.8. The van der Waals surface area contributed by atoms with Gasteiger partial charge in [-0.15, -0.1) is 30.7 Å². The highest BCUT2D eigenvalue weighted by Gasteiger charge is 2.35. The fourth-order valence-corrected chi connectivity index (χ4v) is 7.80. The van der Waals surface area contributed by atoms with Crippen LogP contribution < -0.4 is 19.7 Å². The summed E-state index contributed by atoms with van der Waals surface area (Å²) in [6.07, 6.45) is 7.37. The molecule has 0 amide bonds. The van der Waals surface area contributed by atoms with Gasteiger partial charge in [-0.1, -0.05) is 145 Å². The van der Waals surface area contributed by atoms with Crippen LogP contribution in [0.5, 0.6) is 11.5 Å². The minimum absolute atomic E-state index is 0.496. The second kappa shape index (κ2) is 15.9. The molecule has 6 aromatic carbocycles. The van der Waals surface area contributed by atoms with Crippen molar-refractivity contribution in [2.45, 2.75) is 21.7 Å². The van der Waals surface area contributed by atoms with E-state index >= 15 is 0 Å². The fraction of sp³-hybridized carbons (Fsp3) is 0.0455. The Kier molecular flexibility index (Phi) is 9.94. The van der Waals surface area contributed by atoms with E-state index in [-0.39, 0.29) is 0 Å². The molecule has 0 bridgehead atoms. The third-order valence-electron chi connectivity index (χ3n) is 8.91. The SMILES string of the molecule is C1=CC(N=NC2(c3ccccc3)C=Cc3ccccc3O2)Oc2ccccc21.C1=NN(N=NN2N=C(c3ccccc3)Sc3ccccc32)c2ccccc2S1. The number of fused-ring (bicyclic) bond motifs is 4. The summed E-state index contributed by atoms with van der Waals surface area (Å²) in [7, 11) is 0. The lowest BCUT2D eigenvalue weighted by molar-refractivity contribution is 0.109. The van der Waals surface area contributed by atoms with Crippen molar-refractivity contribution in [3.63, 3.8) is 0 Å². The zero-order valence-corrected chi connectivity index (χ0v) is 31.3. The van der Waals surface area contributed by atoms with E-state index in [4.69, 9.17) is 14.6 Å². The van der Waals surface area contributed by atoms with E-state index in [0.29, 0.717) is 0 Å². The third kappa shape index (κ3) is 7.48. The molecular weight excluding hydrogens is 737 g/mol. The number of thioether (sulfide) groups is 2. The zero-order valence-electron chi connectivity index (χ0n) is 29.7. The molecule has 0 saturated carbocycles. The highest BCUT2D eigenvalue weighted by Crippen LogP contribution is 2.40. The number of azo groups is 1. The van der Waals surface area contributed by atoms with Crippen molar-refractivity contribution in [1.29, 1.82) is 0 Å². The Labute approximate surface area is 332 Å². The van der Waals surface area contributed by atoms with Crippen LogP contribution in [-0.2, 0) is 5.72 Å². The fourth-order valence-electron chi connectivity index (χ4n) is 6.14. The van der Waals surface area contributed by atoms with Gasteiger partial charge >= 0.3 is 0 Å². The summed E-state index contributed by atoms with van der Waals surface area (Å²) in [5.41, 5.74) is 6.51. The molecule has 0 radical (unpaired) electrons. The topological polar surface area (TPSA) is 99.1 Å². The molecule has 272 valence electrons. The minimum atomic E-state index is -1.02. The van der Waals surface area contributed by atoms with E-state index in [9.17, 15) is 0 Å². The summed E-state index contributed by atoms with van der Waals surface area (Å²) in [6.45, 7) is 0. The highest BCUT2D eigenvalue weighted by atomic mass is 32.2.